The zero-order valence-corrected chi connectivity index (χ0v) is 25.3. The zero-order valence-electron chi connectivity index (χ0n) is 25.3. The molecule has 1 aromatic heterocycles. The molecule has 8 nitrogen and oxygen atoms in total. The van der Waals surface area contributed by atoms with Crippen LogP contribution in [0.1, 0.15) is 37.7 Å². The smallest absolute Gasteiger partial charge is 0.319 e. The van der Waals surface area contributed by atoms with Crippen molar-refractivity contribution < 1.29 is 32.1 Å². The summed E-state index contributed by atoms with van der Waals surface area (Å²) < 4.78 is 75.9. The normalized spacial score (nSPS) is 27.9. The molecule has 4 fully saturated rings. The highest BCUT2D eigenvalue weighted by atomic mass is 19.1. The number of rotatable bonds is 4. The van der Waals surface area contributed by atoms with Gasteiger partial charge in [-0.25, -0.2) is 17.6 Å². The van der Waals surface area contributed by atoms with Crippen molar-refractivity contribution in [3.63, 3.8) is 0 Å². The maximum Gasteiger partial charge on any atom is 0.319 e. The van der Waals surface area contributed by atoms with Gasteiger partial charge in [-0.1, -0.05) is 12.0 Å². The first-order valence-electron chi connectivity index (χ1n) is 16.1. The molecular weight excluding hydrogens is 614 g/mol. The lowest BCUT2D eigenvalue weighted by Crippen LogP contribution is -2.60. The summed E-state index contributed by atoms with van der Waals surface area (Å²) in [5.41, 5.74) is -1.65. The van der Waals surface area contributed by atoms with Crippen LogP contribution in [0.2, 0.25) is 0 Å². The minimum Gasteiger partial charge on any atom is -0.508 e. The van der Waals surface area contributed by atoms with Gasteiger partial charge in [-0.05, 0) is 55.8 Å². The van der Waals surface area contributed by atoms with E-state index in [-0.39, 0.29) is 76.3 Å². The molecule has 0 spiro atoms. The number of hydrogen-bond acceptors (Lipinski definition) is 8. The molecule has 6 heterocycles. The SMILES string of the molecule is C#Cc1c(F)ccc2cc(O)cc(-c3c(F)c4c5c(nc(OC[C@@]67CCCN6C[C@H](F)C7)nc5c3F)N3C[C@H]5CC[C@H](N5)[C@H]3CO4)c12. The Balaban J connectivity index is 1.27. The van der Waals surface area contributed by atoms with Gasteiger partial charge in [0.1, 0.15) is 42.3 Å². The lowest BCUT2D eigenvalue weighted by Gasteiger charge is -2.40. The van der Waals surface area contributed by atoms with Crippen LogP contribution >= 0.6 is 0 Å². The Morgan fingerprint density at radius 2 is 2.00 bits per heavy atom. The second-order valence-electron chi connectivity index (χ2n) is 13.5. The Kier molecular flexibility index (Phi) is 6.34. The number of fused-ring (bicyclic) bond motifs is 7. The van der Waals surface area contributed by atoms with Crippen molar-refractivity contribution in [2.24, 2.45) is 0 Å². The molecule has 2 N–H and O–H groups in total. The summed E-state index contributed by atoms with van der Waals surface area (Å²) in [7, 11) is 0. The molecule has 3 aromatic carbocycles. The summed E-state index contributed by atoms with van der Waals surface area (Å²) in [4.78, 5) is 13.4. The number of aromatic nitrogens is 2. The third kappa shape index (κ3) is 4.22. The number of benzene rings is 3. The van der Waals surface area contributed by atoms with Crippen molar-refractivity contribution in [3.8, 4) is 41.0 Å². The topological polar surface area (TPSA) is 83.0 Å². The minimum absolute atomic E-state index is 0.0481. The molecule has 242 valence electrons. The van der Waals surface area contributed by atoms with E-state index in [1.807, 2.05) is 4.90 Å². The first-order valence-corrected chi connectivity index (χ1v) is 16.1. The lowest BCUT2D eigenvalue weighted by molar-refractivity contribution is 0.107. The minimum atomic E-state index is -1.06. The summed E-state index contributed by atoms with van der Waals surface area (Å²) in [6.07, 6.45) is 8.57. The van der Waals surface area contributed by atoms with Crippen molar-refractivity contribution in [2.75, 3.05) is 37.7 Å². The quantitative estimate of drug-likeness (QED) is 0.231. The van der Waals surface area contributed by atoms with Crippen molar-refractivity contribution in [3.05, 3.63) is 47.3 Å². The number of halogens is 4. The number of anilines is 1. The molecule has 0 unspecified atom stereocenters. The van der Waals surface area contributed by atoms with E-state index in [1.165, 1.54) is 12.1 Å². The molecule has 0 aliphatic carbocycles. The second kappa shape index (κ2) is 10.3. The summed E-state index contributed by atoms with van der Waals surface area (Å²) in [6, 6.07) is 4.92. The second-order valence-corrected chi connectivity index (χ2v) is 13.5. The van der Waals surface area contributed by atoms with Gasteiger partial charge < -0.3 is 24.8 Å². The van der Waals surface area contributed by atoms with Crippen LogP contribution < -0.4 is 19.7 Å². The van der Waals surface area contributed by atoms with Crippen molar-refractivity contribution in [1.29, 1.82) is 0 Å². The molecule has 0 radical (unpaired) electrons. The fraction of sp³-hybridized carbons (Fsp3) is 0.429. The molecule has 0 saturated carbocycles. The van der Waals surface area contributed by atoms with E-state index in [9.17, 15) is 13.9 Å². The van der Waals surface area contributed by atoms with Crippen LogP contribution in [0.3, 0.4) is 0 Å². The molecule has 5 atom stereocenters. The first-order chi connectivity index (χ1) is 22.7. The molecule has 0 amide bonds. The molecule has 2 bridgehead atoms. The number of terminal acetylenes is 1. The Morgan fingerprint density at radius 1 is 1.13 bits per heavy atom. The number of phenols is 1. The molecule has 9 rings (SSSR count). The Labute approximate surface area is 267 Å². The number of hydrogen-bond donors (Lipinski definition) is 2. The highest BCUT2D eigenvalue weighted by molar-refractivity contribution is 6.06. The molecule has 5 aliphatic rings. The number of nitrogens with zero attached hydrogens (tertiary/aromatic N) is 4. The van der Waals surface area contributed by atoms with Gasteiger partial charge in [0.25, 0.3) is 0 Å². The number of alkyl halides is 1. The third-order valence-electron chi connectivity index (χ3n) is 10.9. The molecule has 5 aliphatic heterocycles. The Hall–Kier alpha value is -4.34. The predicted molar refractivity (Wildman–Crippen MR) is 167 cm³/mol. The van der Waals surface area contributed by atoms with Gasteiger partial charge >= 0.3 is 6.01 Å². The Bertz CT molecular complexity index is 2040. The Morgan fingerprint density at radius 3 is 2.85 bits per heavy atom. The van der Waals surface area contributed by atoms with Crippen LogP contribution in [0.5, 0.6) is 17.5 Å². The molecule has 4 aromatic rings. The highest BCUT2D eigenvalue weighted by Crippen LogP contribution is 2.49. The molecule has 12 heteroatoms. The van der Waals surface area contributed by atoms with Gasteiger partial charge in [-0.2, -0.15) is 9.97 Å². The van der Waals surface area contributed by atoms with Crippen LogP contribution in [-0.2, 0) is 0 Å². The van der Waals surface area contributed by atoms with Gasteiger partial charge in [0, 0.05) is 42.5 Å². The van der Waals surface area contributed by atoms with Gasteiger partial charge in [-0.3, -0.25) is 4.90 Å². The summed E-state index contributed by atoms with van der Waals surface area (Å²) >= 11 is 0. The largest absolute Gasteiger partial charge is 0.508 e. The van der Waals surface area contributed by atoms with E-state index in [2.05, 4.69) is 21.1 Å². The van der Waals surface area contributed by atoms with E-state index in [1.54, 1.807) is 0 Å². The zero-order chi connectivity index (χ0) is 32.2. The standard InChI is InChI=1S/C35H31F4N5O3/c1-2-21-23(37)6-4-17-10-20(45)11-22(26(17)21)27-29(38)31-28-32(30(27)39)46-15-25-24-7-5-19(40-24)14-44(25)33(28)42-34(41-31)47-16-35-8-3-9-43(35)13-18(36)12-35/h1,4,6,10-11,18-19,24-25,40,45H,3,5,7-9,12-16H2/t18-,19-,24+,25-,35+/m1/s1. The van der Waals surface area contributed by atoms with Gasteiger partial charge in [0.2, 0.25) is 0 Å². The highest BCUT2D eigenvalue weighted by Gasteiger charge is 2.50. The van der Waals surface area contributed by atoms with E-state index in [0.717, 1.165) is 44.4 Å². The molecule has 4 saturated heterocycles. The van der Waals surface area contributed by atoms with E-state index < -0.39 is 34.7 Å². The van der Waals surface area contributed by atoms with E-state index in [4.69, 9.17) is 20.9 Å². The van der Waals surface area contributed by atoms with Crippen molar-refractivity contribution in [1.82, 2.24) is 20.2 Å². The monoisotopic (exact) mass is 645 g/mol. The fourth-order valence-corrected chi connectivity index (χ4v) is 8.80. The average Bonchev–Trinajstić information content (AvgIpc) is 3.68. The van der Waals surface area contributed by atoms with Crippen molar-refractivity contribution >= 4 is 27.5 Å². The third-order valence-corrected chi connectivity index (χ3v) is 10.9. The van der Waals surface area contributed by atoms with Gasteiger partial charge in [0.05, 0.1) is 28.1 Å². The van der Waals surface area contributed by atoms with Crippen LogP contribution in [0, 0.1) is 29.8 Å². The number of piperazine rings is 1. The molecular formula is C35H31F4N5O3. The summed E-state index contributed by atoms with van der Waals surface area (Å²) in [5.74, 6) is -0.762. The number of ether oxygens (including phenoxy) is 2. The van der Waals surface area contributed by atoms with Crippen molar-refractivity contribution in [2.45, 2.75) is 61.9 Å². The van der Waals surface area contributed by atoms with Crippen LogP contribution in [-0.4, -0.2) is 82.7 Å². The predicted octanol–water partition coefficient (Wildman–Crippen LogP) is 5.21. The van der Waals surface area contributed by atoms with Gasteiger partial charge in [-0.15, -0.1) is 6.42 Å². The summed E-state index contributed by atoms with van der Waals surface area (Å²) in [5, 5.41) is 14.7. The van der Waals surface area contributed by atoms with E-state index in [0.29, 0.717) is 30.7 Å². The van der Waals surface area contributed by atoms with E-state index >= 15 is 8.78 Å². The number of nitrogens with one attached hydrogen (secondary N) is 1. The summed E-state index contributed by atoms with van der Waals surface area (Å²) in [6.45, 7) is 1.87. The number of phenolic OH excluding ortho intramolecular Hbond substituents is 1. The van der Waals surface area contributed by atoms with Crippen LogP contribution in [0.15, 0.2) is 24.3 Å². The first kappa shape index (κ1) is 28.8. The maximum atomic E-state index is 17.1. The molecule has 47 heavy (non-hydrogen) atoms. The fourth-order valence-electron chi connectivity index (χ4n) is 8.80. The van der Waals surface area contributed by atoms with Crippen LogP contribution in [0.4, 0.5) is 23.4 Å². The van der Waals surface area contributed by atoms with Gasteiger partial charge in [0.15, 0.2) is 17.4 Å². The average molecular weight is 646 g/mol. The number of aromatic hydroxyl groups is 1. The van der Waals surface area contributed by atoms with Crippen LogP contribution in [0.25, 0.3) is 32.8 Å². The maximum absolute atomic E-state index is 17.1. The lowest BCUT2D eigenvalue weighted by atomic mass is 9.92.